The number of hydrogen-bond acceptors (Lipinski definition) is 4. The van der Waals surface area contributed by atoms with Crippen LogP contribution in [0, 0.1) is 6.92 Å². The molecule has 4 N–H and O–H groups in total. The third-order valence-corrected chi connectivity index (χ3v) is 3.73. The number of nitrogen functional groups attached to an aromatic ring is 1. The lowest BCUT2D eigenvalue weighted by atomic mass is 10.2. The van der Waals surface area contributed by atoms with E-state index in [2.05, 4.69) is 20.6 Å². The van der Waals surface area contributed by atoms with Gasteiger partial charge in [-0.15, -0.1) is 5.10 Å². The van der Waals surface area contributed by atoms with Crippen LogP contribution < -0.4 is 11.1 Å². The van der Waals surface area contributed by atoms with Crippen molar-refractivity contribution in [3.8, 4) is 5.69 Å². The summed E-state index contributed by atoms with van der Waals surface area (Å²) in [5.74, 6) is 0.815. The summed E-state index contributed by atoms with van der Waals surface area (Å²) >= 11 is 0. The second kappa shape index (κ2) is 5.17. The minimum Gasteiger partial charge on any atom is -0.399 e. The molecule has 0 saturated heterocycles. The molecule has 0 aliphatic rings. The smallest absolute Gasteiger partial charge is 0.155 e. The minimum absolute atomic E-state index is 0.718. The number of anilines is 3. The van der Waals surface area contributed by atoms with Crippen molar-refractivity contribution < 1.29 is 0 Å². The van der Waals surface area contributed by atoms with Gasteiger partial charge in [0.05, 0.1) is 17.4 Å². The van der Waals surface area contributed by atoms with Gasteiger partial charge in [0.2, 0.25) is 0 Å². The Balaban J connectivity index is 1.66. The molecule has 6 heteroatoms. The van der Waals surface area contributed by atoms with Crippen LogP contribution in [-0.2, 0) is 0 Å². The lowest BCUT2D eigenvalue weighted by molar-refractivity contribution is 0.884. The average molecular weight is 304 g/mol. The molecular formula is C17H16N6. The number of rotatable bonds is 3. The van der Waals surface area contributed by atoms with Gasteiger partial charge >= 0.3 is 0 Å². The van der Waals surface area contributed by atoms with E-state index in [0.717, 1.165) is 39.3 Å². The third-order valence-electron chi connectivity index (χ3n) is 3.73. The molecule has 2 aromatic heterocycles. The van der Waals surface area contributed by atoms with Crippen LogP contribution in [0.5, 0.6) is 0 Å². The monoisotopic (exact) mass is 304 g/mol. The van der Waals surface area contributed by atoms with Gasteiger partial charge in [0.1, 0.15) is 0 Å². The number of aromatic nitrogens is 4. The Morgan fingerprint density at radius 1 is 1.17 bits per heavy atom. The molecule has 4 aromatic rings. The standard InChI is InChI=1S/C17H16N6/c1-11-10-23(15-4-2-3-13(18)8-15)22-17(11)20-14-5-6-16-12(7-14)9-19-21-16/h2-10H,18H2,1H3,(H,19,21)(H,20,22). The SMILES string of the molecule is Cc1cn(-c2cccc(N)c2)nc1Nc1ccc2[nH]ncc2c1. The molecule has 0 fully saturated rings. The average Bonchev–Trinajstić information content (AvgIpc) is 3.14. The van der Waals surface area contributed by atoms with E-state index in [1.54, 1.807) is 6.20 Å². The maximum absolute atomic E-state index is 5.84. The van der Waals surface area contributed by atoms with Gasteiger partial charge in [-0.3, -0.25) is 5.10 Å². The molecule has 0 radical (unpaired) electrons. The number of aryl methyl sites for hydroxylation is 1. The highest BCUT2D eigenvalue weighted by atomic mass is 15.3. The summed E-state index contributed by atoms with van der Waals surface area (Å²) in [5.41, 5.74) is 10.5. The van der Waals surface area contributed by atoms with E-state index in [1.807, 2.05) is 60.3 Å². The highest BCUT2D eigenvalue weighted by Gasteiger charge is 2.08. The number of nitrogens with zero attached hydrogens (tertiary/aromatic N) is 3. The molecule has 0 aliphatic carbocycles. The van der Waals surface area contributed by atoms with Crippen molar-refractivity contribution in [3.63, 3.8) is 0 Å². The Labute approximate surface area is 132 Å². The maximum atomic E-state index is 5.84. The van der Waals surface area contributed by atoms with E-state index >= 15 is 0 Å². The van der Waals surface area contributed by atoms with Crippen LogP contribution in [0.3, 0.4) is 0 Å². The van der Waals surface area contributed by atoms with Crippen molar-refractivity contribution in [2.45, 2.75) is 6.92 Å². The van der Waals surface area contributed by atoms with Gasteiger partial charge in [-0.05, 0) is 43.3 Å². The number of aromatic amines is 1. The first-order valence-electron chi connectivity index (χ1n) is 7.31. The lowest BCUT2D eigenvalue weighted by Crippen LogP contribution is -1.98. The molecule has 0 aliphatic heterocycles. The topological polar surface area (TPSA) is 84.5 Å². The molecule has 114 valence electrons. The highest BCUT2D eigenvalue weighted by molar-refractivity contribution is 5.82. The molecular weight excluding hydrogens is 288 g/mol. The molecule has 2 aromatic carbocycles. The van der Waals surface area contributed by atoms with Gasteiger partial charge in [0.25, 0.3) is 0 Å². The molecule has 0 bridgehead atoms. The van der Waals surface area contributed by atoms with Gasteiger partial charge < -0.3 is 11.1 Å². The summed E-state index contributed by atoms with van der Waals surface area (Å²) in [4.78, 5) is 0. The summed E-state index contributed by atoms with van der Waals surface area (Å²) in [5, 5.41) is 16.0. The second-order valence-corrected chi connectivity index (χ2v) is 5.50. The maximum Gasteiger partial charge on any atom is 0.155 e. The van der Waals surface area contributed by atoms with E-state index in [4.69, 9.17) is 5.73 Å². The van der Waals surface area contributed by atoms with Crippen LogP contribution in [0.1, 0.15) is 5.56 Å². The number of H-pyrrole nitrogens is 1. The quantitative estimate of drug-likeness (QED) is 0.507. The van der Waals surface area contributed by atoms with Crippen molar-refractivity contribution in [1.29, 1.82) is 0 Å². The van der Waals surface area contributed by atoms with Gasteiger partial charge in [0, 0.05) is 28.5 Å². The Kier molecular flexibility index (Phi) is 3.01. The fourth-order valence-corrected chi connectivity index (χ4v) is 2.54. The van der Waals surface area contributed by atoms with Crippen molar-refractivity contribution in [2.75, 3.05) is 11.1 Å². The van der Waals surface area contributed by atoms with E-state index in [-0.39, 0.29) is 0 Å². The first-order chi connectivity index (χ1) is 11.2. The third kappa shape index (κ3) is 2.50. The lowest BCUT2D eigenvalue weighted by Gasteiger charge is -2.05. The Hall–Kier alpha value is -3.28. The van der Waals surface area contributed by atoms with Crippen molar-refractivity contribution in [2.24, 2.45) is 0 Å². The van der Waals surface area contributed by atoms with Crippen molar-refractivity contribution >= 4 is 28.1 Å². The van der Waals surface area contributed by atoms with Gasteiger partial charge in [-0.2, -0.15) is 5.10 Å². The summed E-state index contributed by atoms with van der Waals surface area (Å²) < 4.78 is 1.82. The highest BCUT2D eigenvalue weighted by Crippen LogP contribution is 2.23. The van der Waals surface area contributed by atoms with Crippen LogP contribution in [0.25, 0.3) is 16.6 Å². The predicted molar refractivity (Wildman–Crippen MR) is 92.1 cm³/mol. The fourth-order valence-electron chi connectivity index (χ4n) is 2.54. The predicted octanol–water partition coefficient (Wildman–Crippen LogP) is 3.38. The molecule has 0 atom stereocenters. The molecule has 0 saturated carbocycles. The zero-order valence-corrected chi connectivity index (χ0v) is 12.6. The van der Waals surface area contributed by atoms with Crippen LogP contribution in [-0.4, -0.2) is 20.0 Å². The molecule has 23 heavy (non-hydrogen) atoms. The van der Waals surface area contributed by atoms with E-state index < -0.39 is 0 Å². The zero-order valence-electron chi connectivity index (χ0n) is 12.6. The number of fused-ring (bicyclic) bond motifs is 1. The van der Waals surface area contributed by atoms with Crippen molar-refractivity contribution in [3.05, 3.63) is 60.4 Å². The minimum atomic E-state index is 0.718. The van der Waals surface area contributed by atoms with Crippen LogP contribution >= 0.6 is 0 Å². The summed E-state index contributed by atoms with van der Waals surface area (Å²) in [6.07, 6.45) is 3.78. The normalized spacial score (nSPS) is 11.0. The van der Waals surface area contributed by atoms with Crippen molar-refractivity contribution in [1.82, 2.24) is 20.0 Å². The fraction of sp³-hybridized carbons (Fsp3) is 0.0588. The van der Waals surface area contributed by atoms with E-state index in [0.29, 0.717) is 0 Å². The van der Waals surface area contributed by atoms with E-state index in [1.165, 1.54) is 0 Å². The van der Waals surface area contributed by atoms with Crippen LogP contribution in [0.4, 0.5) is 17.2 Å². The van der Waals surface area contributed by atoms with E-state index in [9.17, 15) is 0 Å². The Bertz CT molecular complexity index is 982. The molecule has 2 heterocycles. The zero-order chi connectivity index (χ0) is 15.8. The summed E-state index contributed by atoms with van der Waals surface area (Å²) in [6, 6.07) is 13.7. The Morgan fingerprint density at radius 2 is 2.09 bits per heavy atom. The first-order valence-corrected chi connectivity index (χ1v) is 7.31. The molecule has 0 spiro atoms. The number of nitrogens with two attached hydrogens (primary N) is 1. The number of benzene rings is 2. The molecule has 6 nitrogen and oxygen atoms in total. The molecule has 4 rings (SSSR count). The van der Waals surface area contributed by atoms with Crippen LogP contribution in [0.15, 0.2) is 54.9 Å². The van der Waals surface area contributed by atoms with Crippen LogP contribution in [0.2, 0.25) is 0 Å². The molecule has 0 amide bonds. The first kappa shape index (κ1) is 13.4. The summed E-state index contributed by atoms with van der Waals surface area (Å²) in [7, 11) is 0. The van der Waals surface area contributed by atoms with Gasteiger partial charge in [-0.1, -0.05) is 6.07 Å². The second-order valence-electron chi connectivity index (χ2n) is 5.50. The summed E-state index contributed by atoms with van der Waals surface area (Å²) in [6.45, 7) is 2.02. The van der Waals surface area contributed by atoms with Gasteiger partial charge in [0.15, 0.2) is 5.82 Å². The number of nitrogens with one attached hydrogen (secondary N) is 2. The van der Waals surface area contributed by atoms with Gasteiger partial charge in [-0.25, -0.2) is 4.68 Å². The Morgan fingerprint density at radius 3 is 2.96 bits per heavy atom. The molecule has 0 unspecified atom stereocenters. The largest absolute Gasteiger partial charge is 0.399 e. The number of hydrogen-bond donors (Lipinski definition) is 3.